The number of aromatic nitrogens is 9. The number of hydrogen-bond donors (Lipinski definition) is 3. The summed E-state index contributed by atoms with van der Waals surface area (Å²) in [5.41, 5.74) is 14.4. The molecule has 9 aromatic heterocycles. The number of carbonyl (C=O) groups is 3. The molecule has 15 aromatic rings. The second-order valence-electron chi connectivity index (χ2n) is 20.8. The van der Waals surface area contributed by atoms with Gasteiger partial charge in [-0.15, -0.1) is 34.0 Å². The van der Waals surface area contributed by atoms with Crippen LogP contribution in [0.25, 0.3) is 104 Å². The molecule has 0 amide bonds. The topological polar surface area (TPSA) is 222 Å². The van der Waals surface area contributed by atoms with Crippen LogP contribution in [0.3, 0.4) is 0 Å². The molecule has 0 aliphatic rings. The van der Waals surface area contributed by atoms with Gasteiger partial charge in [0.1, 0.15) is 16.9 Å². The number of esters is 2. The van der Waals surface area contributed by atoms with Crippen LogP contribution in [0, 0.1) is 0 Å². The van der Waals surface area contributed by atoms with Crippen LogP contribution in [0.4, 0.5) is 0 Å². The molecule has 0 radical (unpaired) electrons. The number of aromatic carboxylic acids is 1. The average molecular weight is 1370 g/mol. The molecule has 0 atom stereocenters. The van der Waals surface area contributed by atoms with Gasteiger partial charge in [-0.05, 0) is 128 Å². The SMILES string of the molecule is CCOC(=O)c1csc(-n2cc(-c3cccc(-c4ccccc4)c3)c3cccnc32)n1.CCOC(=O)c1csc(-n2cc(Br)c3cccnc32)n1.O=C(O)c1csc(-n2cc(-c3cccc(-c4ccccc4)c3)c3cccnc32)n1.OB(O)c1cccc(-c2ccccc2)c1. The van der Waals surface area contributed by atoms with Crippen LogP contribution < -0.4 is 5.46 Å². The van der Waals surface area contributed by atoms with E-state index in [-0.39, 0.29) is 5.69 Å². The highest BCUT2D eigenvalue weighted by Gasteiger charge is 2.21. The second-order valence-corrected chi connectivity index (χ2v) is 24.2. The minimum Gasteiger partial charge on any atom is -0.476 e. The van der Waals surface area contributed by atoms with E-state index in [9.17, 15) is 19.5 Å². The lowest BCUT2D eigenvalue weighted by molar-refractivity contribution is 0.0511. The van der Waals surface area contributed by atoms with Crippen molar-refractivity contribution in [3.8, 4) is 71.0 Å². The molecule has 0 fully saturated rings. The Morgan fingerprint density at radius 2 is 0.789 bits per heavy atom. The van der Waals surface area contributed by atoms with Crippen LogP contribution in [0.5, 0.6) is 0 Å². The fourth-order valence-corrected chi connectivity index (χ4v) is 13.2. The molecule has 17 nitrogen and oxygen atoms in total. The minimum absolute atomic E-state index is 0.0374. The van der Waals surface area contributed by atoms with Gasteiger partial charge in [0.25, 0.3) is 0 Å². The maximum absolute atomic E-state index is 12.0. The molecule has 0 bridgehead atoms. The lowest BCUT2D eigenvalue weighted by atomic mass is 9.79. The molecule has 9 heterocycles. The van der Waals surface area contributed by atoms with E-state index >= 15 is 0 Å². The molecule has 0 saturated heterocycles. The first-order chi connectivity index (χ1) is 46.4. The molecule has 0 saturated carbocycles. The summed E-state index contributed by atoms with van der Waals surface area (Å²) >= 11 is 7.55. The number of rotatable bonds is 14. The van der Waals surface area contributed by atoms with E-state index in [0.717, 1.165) is 87.6 Å². The second kappa shape index (κ2) is 29.8. The fraction of sp³-hybridized carbons (Fsp3) is 0.0548. The van der Waals surface area contributed by atoms with E-state index in [4.69, 9.17) is 19.5 Å². The van der Waals surface area contributed by atoms with E-state index in [0.29, 0.717) is 45.5 Å². The normalized spacial score (nSPS) is 10.8. The highest BCUT2D eigenvalue weighted by molar-refractivity contribution is 9.10. The number of fused-ring (bicyclic) bond motifs is 3. The molecular weight excluding hydrogens is 1320 g/mol. The molecule has 0 aliphatic carbocycles. The summed E-state index contributed by atoms with van der Waals surface area (Å²) in [4.78, 5) is 61.4. The third-order valence-electron chi connectivity index (χ3n) is 14.8. The van der Waals surface area contributed by atoms with Crippen molar-refractivity contribution < 1.29 is 39.0 Å². The number of carbonyl (C=O) groups excluding carboxylic acids is 2. The number of halogens is 1. The van der Waals surface area contributed by atoms with Gasteiger partial charge in [0.15, 0.2) is 32.5 Å². The van der Waals surface area contributed by atoms with Crippen LogP contribution >= 0.6 is 49.9 Å². The van der Waals surface area contributed by atoms with Gasteiger partial charge >= 0.3 is 25.0 Å². The Bertz CT molecular complexity index is 5170. The Morgan fingerprint density at radius 3 is 1.20 bits per heavy atom. The summed E-state index contributed by atoms with van der Waals surface area (Å²) in [5, 5.41) is 37.2. The van der Waals surface area contributed by atoms with E-state index in [1.807, 2.05) is 148 Å². The van der Waals surface area contributed by atoms with Gasteiger partial charge in [-0.2, -0.15) is 0 Å². The Morgan fingerprint density at radius 1 is 0.432 bits per heavy atom. The molecule has 22 heteroatoms. The quantitative estimate of drug-likeness (QED) is 0.0681. The van der Waals surface area contributed by atoms with Gasteiger partial charge in [0, 0.05) is 85.1 Å². The van der Waals surface area contributed by atoms with Crippen molar-refractivity contribution in [1.82, 2.24) is 43.6 Å². The summed E-state index contributed by atoms with van der Waals surface area (Å²) in [6, 6.07) is 66.3. The first kappa shape index (κ1) is 64.3. The lowest BCUT2D eigenvalue weighted by Gasteiger charge is -2.05. The van der Waals surface area contributed by atoms with Crippen molar-refractivity contribution in [3.63, 3.8) is 0 Å². The maximum atomic E-state index is 12.0. The van der Waals surface area contributed by atoms with Gasteiger partial charge in [-0.3, -0.25) is 13.7 Å². The van der Waals surface area contributed by atoms with Gasteiger partial charge in [-0.1, -0.05) is 152 Å². The van der Waals surface area contributed by atoms with Crippen LogP contribution in [0.15, 0.2) is 258 Å². The average Bonchev–Trinajstić information content (AvgIpc) is 1.64. The molecular formula is C73H55BBrN9O8S3. The predicted octanol–water partition coefficient (Wildman–Crippen LogP) is 16.0. The van der Waals surface area contributed by atoms with E-state index < -0.39 is 25.0 Å². The number of pyridine rings is 3. The van der Waals surface area contributed by atoms with Gasteiger partial charge < -0.3 is 24.6 Å². The van der Waals surface area contributed by atoms with E-state index in [1.165, 1.54) is 39.6 Å². The van der Waals surface area contributed by atoms with Gasteiger partial charge in [0.2, 0.25) is 0 Å². The molecule has 3 N–H and O–H groups in total. The van der Waals surface area contributed by atoms with E-state index in [2.05, 4.69) is 119 Å². The summed E-state index contributed by atoms with van der Waals surface area (Å²) in [7, 11) is -1.41. The van der Waals surface area contributed by atoms with Crippen molar-refractivity contribution in [2.45, 2.75) is 13.8 Å². The first-order valence-corrected chi connectivity index (χ1v) is 33.2. The number of thiazole rings is 3. The highest BCUT2D eigenvalue weighted by Crippen LogP contribution is 2.37. The Kier molecular flexibility index (Phi) is 20.2. The van der Waals surface area contributed by atoms with Crippen molar-refractivity contribution in [3.05, 3.63) is 275 Å². The van der Waals surface area contributed by atoms with Crippen LogP contribution in [-0.2, 0) is 9.47 Å². The molecule has 0 aliphatic heterocycles. The molecule has 0 spiro atoms. The zero-order chi connectivity index (χ0) is 65.8. The highest BCUT2D eigenvalue weighted by atomic mass is 79.9. The summed E-state index contributed by atoms with van der Waals surface area (Å²) in [6.07, 6.45) is 11.1. The molecule has 95 heavy (non-hydrogen) atoms. The Balaban J connectivity index is 0.000000126. The van der Waals surface area contributed by atoms with Gasteiger partial charge in [0.05, 0.1) is 13.2 Å². The first-order valence-electron chi connectivity index (χ1n) is 29.7. The smallest absolute Gasteiger partial charge is 0.476 e. The zero-order valence-electron chi connectivity index (χ0n) is 50.8. The molecule has 0 unspecified atom stereocenters. The zero-order valence-corrected chi connectivity index (χ0v) is 54.8. The Labute approximate surface area is 565 Å². The van der Waals surface area contributed by atoms with Crippen molar-refractivity contribution in [2.24, 2.45) is 0 Å². The molecule has 15 rings (SSSR count). The third-order valence-corrected chi connectivity index (χ3v) is 17.9. The predicted molar refractivity (Wildman–Crippen MR) is 380 cm³/mol. The van der Waals surface area contributed by atoms with Gasteiger partial charge in [-0.25, -0.2) is 44.3 Å². The lowest BCUT2D eigenvalue weighted by Crippen LogP contribution is -2.29. The number of benzene rings is 6. The summed E-state index contributed by atoms with van der Waals surface area (Å²) < 4.78 is 16.6. The minimum atomic E-state index is -1.41. The summed E-state index contributed by atoms with van der Waals surface area (Å²) in [5.74, 6) is -1.85. The van der Waals surface area contributed by atoms with Crippen LogP contribution in [0.1, 0.15) is 45.3 Å². The maximum Gasteiger partial charge on any atom is 0.488 e. The van der Waals surface area contributed by atoms with E-state index in [1.54, 1.807) is 60.7 Å². The number of hydrogen-bond acceptors (Lipinski definition) is 16. The third kappa shape index (κ3) is 14.7. The summed E-state index contributed by atoms with van der Waals surface area (Å²) in [6.45, 7) is 4.21. The molecule has 6 aromatic carbocycles. The fourth-order valence-electron chi connectivity index (χ4n) is 10.4. The largest absolute Gasteiger partial charge is 0.488 e. The Hall–Kier alpha value is -10.8. The number of ether oxygens (including phenoxy) is 2. The molecule has 468 valence electrons. The number of nitrogens with zero attached hydrogens (tertiary/aromatic N) is 9. The van der Waals surface area contributed by atoms with Crippen molar-refractivity contribution >= 4 is 114 Å². The van der Waals surface area contributed by atoms with Crippen LogP contribution in [-0.4, -0.2) is 97.0 Å². The monoisotopic (exact) mass is 1370 g/mol. The standard InChI is InChI=1S/C25H19N3O2S.C23H15N3O2S.C13H10BrN3O2S.C12H11BO2/c1-2-30-24(29)22-16-31-25(27-22)28-15-21(20-12-7-13-26-23(20)28)19-11-6-10-18(14-19)17-8-4-3-5-9-17;27-22(28)20-14-29-23(25-20)26-13-19(18-10-5-11-24-21(18)26)17-9-4-8-16(12-17)15-6-2-1-3-7-15;1-2-19-12(18)10-7-20-13(16-10)17-6-9(14)8-4-3-5-15-11(8)17;14-13(15)12-8-4-7-11(9-12)10-5-2-1-3-6-10/h3-16H,2H2,1H3;1-14H,(H,27,28);3-7H,2H2,1H3;1-9,14-15H. The number of carboxylic acid groups (broad SMARTS) is 1. The van der Waals surface area contributed by atoms with Crippen molar-refractivity contribution in [2.75, 3.05) is 13.2 Å². The van der Waals surface area contributed by atoms with Crippen molar-refractivity contribution in [1.29, 1.82) is 0 Å². The van der Waals surface area contributed by atoms with Crippen LogP contribution in [0.2, 0.25) is 0 Å². The number of carboxylic acids is 1.